The number of fused-ring (bicyclic) bond motifs is 6. The molecular weight excluding hydrogens is 1270 g/mol. The molecule has 1 aromatic rings. The molecule has 0 radical (unpaired) electrons. The second kappa shape index (κ2) is 40.6. The van der Waals surface area contributed by atoms with Crippen molar-refractivity contribution in [3.05, 3.63) is 29.3 Å². The fraction of sp³-hybridized carbons (Fsp3) is 0.650. The molecule has 1 aromatic carbocycles. The van der Waals surface area contributed by atoms with Gasteiger partial charge in [-0.25, -0.2) is 0 Å². The maximum atomic E-state index is 15.1. The lowest BCUT2D eigenvalue weighted by molar-refractivity contribution is -0.459. The number of carboxylic acids is 2. The van der Waals surface area contributed by atoms with Gasteiger partial charge in [-0.05, 0) is 114 Å². The lowest BCUT2D eigenvalue weighted by Gasteiger charge is -2.31. The van der Waals surface area contributed by atoms with Crippen LogP contribution in [0, 0.1) is 5.92 Å². The fourth-order valence-electron chi connectivity index (χ4n) is 10.1. The van der Waals surface area contributed by atoms with Gasteiger partial charge in [-0.3, -0.25) is 69.2 Å². The predicted octanol–water partition coefficient (Wildman–Crippen LogP) is -5.96. The van der Waals surface area contributed by atoms with E-state index in [0.717, 1.165) is 19.1 Å². The number of benzene rings is 1. The number of carbonyl (C=O) groups excluding carboxylic acids is 13. The van der Waals surface area contributed by atoms with E-state index in [-0.39, 0.29) is 80.8 Å². The molecule has 94 heavy (non-hydrogen) atoms. The number of aliphatic carboxylic acids is 2. The first-order chi connectivity index (χ1) is 44.7. The molecule has 32 nitrogen and oxygen atoms in total. The van der Waals surface area contributed by atoms with Gasteiger partial charge in [0.15, 0.2) is 0 Å². The van der Waals surface area contributed by atoms with Gasteiger partial charge in [0.1, 0.15) is 79.0 Å². The molecule has 1 fully saturated rings. The Morgan fingerprint density at radius 1 is 0.649 bits per heavy atom. The number of thioether (sulfide) groups is 2. The molecule has 0 spiro atoms. The molecule has 16 N–H and O–H groups in total. The summed E-state index contributed by atoms with van der Waals surface area (Å²) in [5.41, 5.74) is 18.4. The SMILES string of the molecule is CCCC[C@@H]1NC(=O)[C@@H]2CCCN2C(=O)[C@@H]2CSCc3cc(cc(c3)OCCCCCCO/N=C/C(=O)N[C@@H](CCC[NH+]=C(N)N)C(=O)N2)CSC[C@@H](C(N)=O)NC(=O)[C@H](CCC(=O)[O-])NC(=O)[C@H](C)NC(=O)[C@H](C)NC(=O)[C@H]([C@@H](C)CC)NC(=O)[C@H](CC(=O)[O-])NC1=O. The van der Waals surface area contributed by atoms with E-state index >= 15 is 4.79 Å². The molecule has 11 amide bonds. The van der Waals surface area contributed by atoms with Crippen molar-refractivity contribution in [3.8, 4) is 5.75 Å². The van der Waals surface area contributed by atoms with Crippen molar-refractivity contribution in [3.63, 3.8) is 0 Å². The van der Waals surface area contributed by atoms with Crippen LogP contribution in [-0.4, -0.2) is 192 Å². The molecule has 3 heterocycles. The van der Waals surface area contributed by atoms with Gasteiger partial charge in [-0.2, -0.15) is 23.5 Å². The van der Waals surface area contributed by atoms with E-state index in [2.05, 4.69) is 58.0 Å². The first-order valence-corrected chi connectivity index (χ1v) is 33.9. The van der Waals surface area contributed by atoms with Crippen molar-refractivity contribution in [2.24, 2.45) is 28.3 Å². The van der Waals surface area contributed by atoms with E-state index < -0.39 is 163 Å². The van der Waals surface area contributed by atoms with Crippen LogP contribution in [0.3, 0.4) is 0 Å². The van der Waals surface area contributed by atoms with Crippen LogP contribution in [0.4, 0.5) is 0 Å². The zero-order valence-electron chi connectivity index (χ0n) is 53.8. The largest absolute Gasteiger partial charge is 0.550 e. The van der Waals surface area contributed by atoms with Crippen molar-refractivity contribution in [1.29, 1.82) is 0 Å². The molecule has 34 heteroatoms. The van der Waals surface area contributed by atoms with Gasteiger partial charge in [0.05, 0.1) is 13.2 Å². The fourth-order valence-corrected chi connectivity index (χ4v) is 12.1. The summed E-state index contributed by atoms with van der Waals surface area (Å²) in [6.45, 7) is 8.27. The standard InChI is InChI=1S/C60H93N15O17S2/c1-6-8-15-40-54(85)71-42(27-48(79)80)56(87)74-49(33(3)7-2)58(89)67-34(4)51(82)66-35(5)52(83)69-41(18-19-47(77)78)55(86)72-43(50(61)81)31-93-29-36-24-37-26-38(25-36)91-22-11-9-10-12-23-92-65-28-46(76)68-39(16-13-20-64-60(62)63)53(84)73-44(32-94-30-37)59(90)75-21-14-17-45(75)57(88)70-40/h24-26,28,33-35,39-45,49H,6-23,27,29-32H2,1-5H3,(H2,61,81)(H,66,82)(H,67,89)(H,68,76)(H,69,83)(H,70,88)(H,71,85)(H,72,86)(H,73,84)(H,74,87)(H,77,78)(H,79,80)(H4,62,63,64)/p-1/b65-28+/t33-,34-,35-,39-,40-,41-,42-,43-,44-,45-,49-/m0/s1. The molecule has 0 aromatic heterocycles. The smallest absolute Gasteiger partial charge is 0.338 e. The van der Waals surface area contributed by atoms with Gasteiger partial charge in [-0.15, -0.1) is 0 Å². The average molecular weight is 1360 g/mol. The Morgan fingerprint density at radius 3 is 1.86 bits per heavy atom. The highest BCUT2D eigenvalue weighted by Crippen LogP contribution is 2.27. The molecule has 1 saturated heterocycles. The highest BCUT2D eigenvalue weighted by Gasteiger charge is 2.41. The Kier molecular flexibility index (Phi) is 33.7. The van der Waals surface area contributed by atoms with E-state index in [4.69, 9.17) is 26.8 Å². The third-order valence-corrected chi connectivity index (χ3v) is 17.8. The Bertz CT molecular complexity index is 2880. The number of unbranched alkanes of at least 4 members (excludes halogenated alkanes) is 1. The van der Waals surface area contributed by atoms with Crippen molar-refractivity contribution < 1.29 is 87.1 Å². The number of hydrogen-bond acceptors (Lipinski definition) is 20. The number of nitrogens with one attached hydrogen (secondary N) is 10. The van der Waals surface area contributed by atoms with Gasteiger partial charge < -0.3 is 87.9 Å². The first kappa shape index (κ1) is 78.0. The maximum Gasteiger partial charge on any atom is 0.338 e. The summed E-state index contributed by atoms with van der Waals surface area (Å²) < 4.78 is 6.24. The second-order valence-electron chi connectivity index (χ2n) is 23.3. The zero-order valence-corrected chi connectivity index (χ0v) is 55.4. The maximum absolute atomic E-state index is 15.1. The third kappa shape index (κ3) is 27.3. The Morgan fingerprint density at radius 2 is 1.22 bits per heavy atom. The summed E-state index contributed by atoms with van der Waals surface area (Å²) in [6.07, 6.45) is 3.03. The van der Waals surface area contributed by atoms with Gasteiger partial charge >= 0.3 is 5.96 Å². The topological polar surface area (TPSA) is 502 Å². The number of guanidine groups is 1. The Hall–Kier alpha value is -8.43. The minimum absolute atomic E-state index is 0.0120. The van der Waals surface area contributed by atoms with Crippen LogP contribution >= 0.6 is 23.5 Å². The van der Waals surface area contributed by atoms with E-state index in [1.54, 1.807) is 26.0 Å². The molecule has 0 aliphatic carbocycles. The average Bonchev–Trinajstić information content (AvgIpc) is 1.67. The van der Waals surface area contributed by atoms with E-state index in [9.17, 15) is 67.7 Å². The highest BCUT2D eigenvalue weighted by molar-refractivity contribution is 7.98. The van der Waals surface area contributed by atoms with Crippen molar-refractivity contribution in [1.82, 2.24) is 52.8 Å². The lowest BCUT2D eigenvalue weighted by atomic mass is 9.97. The molecule has 3 aliphatic rings. The Balaban J connectivity index is 1.84. The minimum atomic E-state index is -1.89. The molecule has 4 bridgehead atoms. The van der Waals surface area contributed by atoms with Crippen LogP contribution < -0.4 is 85.0 Å². The van der Waals surface area contributed by atoms with Crippen LogP contribution in [0.5, 0.6) is 5.75 Å². The van der Waals surface area contributed by atoms with Crippen LogP contribution in [0.15, 0.2) is 23.4 Å². The number of carbonyl (C=O) groups is 13. The minimum Gasteiger partial charge on any atom is -0.550 e. The predicted molar refractivity (Wildman–Crippen MR) is 341 cm³/mol. The van der Waals surface area contributed by atoms with Crippen LogP contribution in [0.25, 0.3) is 0 Å². The van der Waals surface area contributed by atoms with Crippen molar-refractivity contribution >= 4 is 113 Å². The van der Waals surface area contributed by atoms with Crippen LogP contribution in [0.2, 0.25) is 0 Å². The van der Waals surface area contributed by atoms with Gasteiger partial charge in [0.25, 0.3) is 5.91 Å². The number of carboxylic acid groups (broad SMARTS) is 2. The molecule has 0 unspecified atom stereocenters. The van der Waals surface area contributed by atoms with Crippen molar-refractivity contribution in [2.75, 3.05) is 37.8 Å². The number of rotatable bonds is 15. The lowest BCUT2D eigenvalue weighted by Crippen LogP contribution is -2.78. The molecule has 11 atom stereocenters. The zero-order chi connectivity index (χ0) is 69.4. The molecule has 0 saturated carbocycles. The quantitative estimate of drug-likeness (QED) is 0.0442. The number of nitrogens with zero attached hydrogens (tertiary/aromatic N) is 2. The summed E-state index contributed by atoms with van der Waals surface area (Å²) in [4.78, 5) is 187. The summed E-state index contributed by atoms with van der Waals surface area (Å²) in [5.74, 6) is -13.4. The summed E-state index contributed by atoms with van der Waals surface area (Å²) in [5, 5.41) is 50.4. The molecular formula is C60H92N15O17S2-. The molecule has 3 aliphatic heterocycles. The highest BCUT2D eigenvalue weighted by atomic mass is 32.2. The normalized spacial score (nSPS) is 26.2. The summed E-state index contributed by atoms with van der Waals surface area (Å²) in [6, 6.07) is -9.00. The number of primary amides is 1. The van der Waals surface area contributed by atoms with Gasteiger partial charge in [0, 0.05) is 47.9 Å². The van der Waals surface area contributed by atoms with E-state index in [1.165, 1.54) is 42.3 Å². The summed E-state index contributed by atoms with van der Waals surface area (Å²) >= 11 is 2.42. The second-order valence-corrected chi connectivity index (χ2v) is 25.4. The van der Waals surface area contributed by atoms with Gasteiger partial charge in [-0.1, -0.05) is 51.3 Å². The Labute approximate surface area is 554 Å². The van der Waals surface area contributed by atoms with E-state index in [0.29, 0.717) is 55.6 Å². The first-order valence-electron chi connectivity index (χ1n) is 31.6. The van der Waals surface area contributed by atoms with Gasteiger partial charge in [0.2, 0.25) is 59.1 Å². The number of ether oxygens (including phenoxy) is 1. The number of nitrogens with two attached hydrogens (primary N) is 3. The molecule has 522 valence electrons. The number of hydrogen-bond donors (Lipinski definition) is 13. The third-order valence-electron chi connectivity index (χ3n) is 15.6. The number of oxime groups is 1. The monoisotopic (exact) mass is 1360 g/mol. The van der Waals surface area contributed by atoms with Crippen molar-refractivity contribution in [2.45, 2.75) is 203 Å². The summed E-state index contributed by atoms with van der Waals surface area (Å²) in [7, 11) is 0. The van der Waals surface area contributed by atoms with Crippen LogP contribution in [-0.2, 0) is 78.7 Å². The van der Waals surface area contributed by atoms with E-state index in [1.807, 2.05) is 13.0 Å². The molecule has 4 rings (SSSR count). The van der Waals surface area contributed by atoms with Crippen LogP contribution in [0.1, 0.15) is 142 Å². The number of amides is 11.